The van der Waals surface area contributed by atoms with Gasteiger partial charge in [0.25, 0.3) is 5.56 Å². The van der Waals surface area contributed by atoms with E-state index in [2.05, 4.69) is 16.9 Å². The van der Waals surface area contributed by atoms with E-state index < -0.39 is 0 Å². The summed E-state index contributed by atoms with van der Waals surface area (Å²) in [5.41, 5.74) is 5.44. The van der Waals surface area contributed by atoms with Crippen LogP contribution in [0.5, 0.6) is 0 Å². The lowest BCUT2D eigenvalue weighted by molar-refractivity contribution is -0.00478. The van der Waals surface area contributed by atoms with Crippen molar-refractivity contribution >= 4 is 11.5 Å². The zero-order chi connectivity index (χ0) is 12.5. The van der Waals surface area contributed by atoms with Crippen LogP contribution in [0.1, 0.15) is 19.8 Å². The van der Waals surface area contributed by atoms with Gasteiger partial charge in [-0.3, -0.25) is 4.79 Å². The maximum Gasteiger partial charge on any atom is 0.276 e. The molecule has 1 atom stereocenters. The standard InChI is InChI=1S/C11H18N4O2/c1-11(17-2)4-3-5-15(6-11)9-8(12)10(16)14-7-13-9/h7H,3-6,12H2,1-2H3,(H,13,14,16). The summed E-state index contributed by atoms with van der Waals surface area (Å²) in [6, 6.07) is 0. The van der Waals surface area contributed by atoms with E-state index in [9.17, 15) is 4.79 Å². The van der Waals surface area contributed by atoms with Crippen LogP contribution in [0.25, 0.3) is 0 Å². The fraction of sp³-hybridized carbons (Fsp3) is 0.636. The van der Waals surface area contributed by atoms with Crippen molar-refractivity contribution in [2.24, 2.45) is 0 Å². The summed E-state index contributed by atoms with van der Waals surface area (Å²) in [6.07, 6.45) is 3.38. The molecule has 17 heavy (non-hydrogen) atoms. The Morgan fingerprint density at radius 2 is 2.41 bits per heavy atom. The van der Waals surface area contributed by atoms with Crippen LogP contribution in [0, 0.1) is 0 Å². The Morgan fingerprint density at radius 1 is 1.65 bits per heavy atom. The van der Waals surface area contributed by atoms with Crippen molar-refractivity contribution in [1.82, 2.24) is 9.97 Å². The summed E-state index contributed by atoms with van der Waals surface area (Å²) < 4.78 is 5.50. The second kappa shape index (κ2) is 4.37. The Labute approximate surface area is 99.8 Å². The summed E-state index contributed by atoms with van der Waals surface area (Å²) in [7, 11) is 1.71. The maximum absolute atomic E-state index is 11.4. The van der Waals surface area contributed by atoms with Crippen molar-refractivity contribution in [2.45, 2.75) is 25.4 Å². The second-order valence-electron chi connectivity index (χ2n) is 4.65. The van der Waals surface area contributed by atoms with Gasteiger partial charge < -0.3 is 20.4 Å². The van der Waals surface area contributed by atoms with Crippen LogP contribution in [0.2, 0.25) is 0 Å². The van der Waals surface area contributed by atoms with Crippen molar-refractivity contribution in [1.29, 1.82) is 0 Å². The zero-order valence-electron chi connectivity index (χ0n) is 10.2. The molecule has 0 spiro atoms. The second-order valence-corrected chi connectivity index (χ2v) is 4.65. The summed E-state index contributed by atoms with van der Waals surface area (Å²) in [6.45, 7) is 3.60. The largest absolute Gasteiger partial charge is 0.391 e. The number of nitrogens with two attached hydrogens (primary N) is 1. The van der Waals surface area contributed by atoms with Gasteiger partial charge in [0.1, 0.15) is 5.69 Å². The van der Waals surface area contributed by atoms with Crippen LogP contribution in [0.3, 0.4) is 0 Å². The van der Waals surface area contributed by atoms with Gasteiger partial charge in [-0.1, -0.05) is 0 Å². The first-order valence-corrected chi connectivity index (χ1v) is 5.69. The minimum Gasteiger partial charge on any atom is -0.391 e. The summed E-state index contributed by atoms with van der Waals surface area (Å²) >= 11 is 0. The molecule has 6 nitrogen and oxygen atoms in total. The number of ether oxygens (including phenoxy) is 1. The van der Waals surface area contributed by atoms with Crippen molar-refractivity contribution in [3.8, 4) is 0 Å². The molecule has 2 rings (SSSR count). The summed E-state index contributed by atoms with van der Waals surface area (Å²) in [4.78, 5) is 20.1. The van der Waals surface area contributed by atoms with E-state index in [1.165, 1.54) is 6.33 Å². The zero-order valence-corrected chi connectivity index (χ0v) is 10.2. The van der Waals surface area contributed by atoms with Gasteiger partial charge in [0.2, 0.25) is 0 Å². The normalized spacial score (nSPS) is 24.9. The molecule has 6 heteroatoms. The van der Waals surface area contributed by atoms with Crippen LogP contribution in [-0.4, -0.2) is 35.8 Å². The van der Waals surface area contributed by atoms with Crippen LogP contribution in [0.15, 0.2) is 11.1 Å². The van der Waals surface area contributed by atoms with Gasteiger partial charge in [0.15, 0.2) is 5.82 Å². The van der Waals surface area contributed by atoms with Gasteiger partial charge in [0.05, 0.1) is 11.9 Å². The van der Waals surface area contributed by atoms with E-state index in [0.717, 1.165) is 19.4 Å². The number of nitrogens with zero attached hydrogens (tertiary/aromatic N) is 2. The Morgan fingerprint density at radius 3 is 3.12 bits per heavy atom. The highest BCUT2D eigenvalue weighted by Gasteiger charge is 2.32. The number of anilines is 2. The number of rotatable bonds is 2. The van der Waals surface area contributed by atoms with Gasteiger partial charge in [0, 0.05) is 20.2 Å². The number of nitrogen functional groups attached to an aromatic ring is 1. The van der Waals surface area contributed by atoms with Crippen molar-refractivity contribution in [3.05, 3.63) is 16.7 Å². The Hall–Kier alpha value is -1.56. The number of H-pyrrole nitrogens is 1. The molecule has 0 bridgehead atoms. The molecule has 0 saturated carbocycles. The lowest BCUT2D eigenvalue weighted by Gasteiger charge is -2.40. The monoisotopic (exact) mass is 238 g/mol. The molecule has 2 heterocycles. The first kappa shape index (κ1) is 11.9. The summed E-state index contributed by atoms with van der Waals surface area (Å²) in [5, 5.41) is 0. The van der Waals surface area contributed by atoms with E-state index >= 15 is 0 Å². The number of aromatic nitrogens is 2. The molecule has 3 N–H and O–H groups in total. The fourth-order valence-corrected chi connectivity index (χ4v) is 2.21. The van der Waals surface area contributed by atoms with E-state index in [0.29, 0.717) is 12.4 Å². The Kier molecular flexibility index (Phi) is 3.06. The van der Waals surface area contributed by atoms with E-state index in [1.807, 2.05) is 4.90 Å². The maximum atomic E-state index is 11.4. The molecule has 1 aliphatic heterocycles. The number of aromatic amines is 1. The number of piperidine rings is 1. The molecule has 0 aliphatic carbocycles. The molecule has 1 aliphatic rings. The van der Waals surface area contributed by atoms with E-state index in [4.69, 9.17) is 10.5 Å². The first-order valence-electron chi connectivity index (χ1n) is 5.69. The topological polar surface area (TPSA) is 84.2 Å². The molecule has 1 saturated heterocycles. The minimum atomic E-state index is -0.292. The van der Waals surface area contributed by atoms with Gasteiger partial charge in [-0.25, -0.2) is 4.98 Å². The number of nitrogens with one attached hydrogen (secondary N) is 1. The van der Waals surface area contributed by atoms with Crippen LogP contribution >= 0.6 is 0 Å². The smallest absolute Gasteiger partial charge is 0.276 e. The predicted molar refractivity (Wildman–Crippen MR) is 66.1 cm³/mol. The van der Waals surface area contributed by atoms with Crippen molar-refractivity contribution in [3.63, 3.8) is 0 Å². The number of hydrogen-bond acceptors (Lipinski definition) is 5. The summed E-state index contributed by atoms with van der Waals surface area (Å²) in [5.74, 6) is 0.553. The molecule has 94 valence electrons. The van der Waals surface area contributed by atoms with E-state index in [1.54, 1.807) is 7.11 Å². The van der Waals surface area contributed by atoms with Crippen LogP contribution in [0.4, 0.5) is 11.5 Å². The predicted octanol–water partition coefficient (Wildman–Crippen LogP) is 0.357. The third-order valence-corrected chi connectivity index (χ3v) is 3.32. The third-order valence-electron chi connectivity index (χ3n) is 3.32. The molecule has 0 amide bonds. The van der Waals surface area contributed by atoms with Gasteiger partial charge in [-0.15, -0.1) is 0 Å². The van der Waals surface area contributed by atoms with Crippen molar-refractivity contribution in [2.75, 3.05) is 30.8 Å². The highest BCUT2D eigenvalue weighted by molar-refractivity contribution is 5.61. The SMILES string of the molecule is COC1(C)CCCN(c2nc[nH]c(=O)c2N)C1. The highest BCUT2D eigenvalue weighted by Crippen LogP contribution is 2.28. The molecule has 0 radical (unpaired) electrons. The fourth-order valence-electron chi connectivity index (χ4n) is 2.21. The molecular formula is C11H18N4O2. The van der Waals surface area contributed by atoms with Crippen LogP contribution < -0.4 is 16.2 Å². The lowest BCUT2D eigenvalue weighted by atomic mass is 9.95. The molecule has 1 aromatic heterocycles. The van der Waals surface area contributed by atoms with E-state index in [-0.39, 0.29) is 16.8 Å². The quantitative estimate of drug-likeness (QED) is 0.777. The van der Waals surface area contributed by atoms with Gasteiger partial charge >= 0.3 is 0 Å². The Balaban J connectivity index is 2.28. The average Bonchev–Trinajstić information content (AvgIpc) is 2.33. The average molecular weight is 238 g/mol. The third kappa shape index (κ3) is 2.26. The van der Waals surface area contributed by atoms with Gasteiger partial charge in [-0.05, 0) is 19.8 Å². The minimum absolute atomic E-state index is 0.174. The molecule has 1 fully saturated rings. The van der Waals surface area contributed by atoms with Crippen molar-refractivity contribution < 1.29 is 4.74 Å². The Bertz CT molecular complexity index is 459. The lowest BCUT2D eigenvalue weighted by Crippen LogP contribution is -2.48. The van der Waals surface area contributed by atoms with Gasteiger partial charge in [-0.2, -0.15) is 0 Å². The molecule has 0 aromatic carbocycles. The first-order chi connectivity index (χ1) is 8.06. The molecule has 1 aromatic rings. The van der Waals surface area contributed by atoms with Crippen LogP contribution in [-0.2, 0) is 4.74 Å². The molecular weight excluding hydrogens is 220 g/mol. The number of hydrogen-bond donors (Lipinski definition) is 2. The number of methoxy groups -OCH3 is 1. The highest BCUT2D eigenvalue weighted by atomic mass is 16.5. The molecule has 1 unspecified atom stereocenters.